The highest BCUT2D eigenvalue weighted by atomic mass is 35.5. The summed E-state index contributed by atoms with van der Waals surface area (Å²) < 4.78 is 58.2. The first-order valence-electron chi connectivity index (χ1n) is 11.5. The minimum absolute atomic E-state index is 0.0786. The molecule has 194 valence electrons. The molecule has 2 aliphatic carbocycles. The molecule has 7 nitrogen and oxygen atoms in total. The maximum atomic E-state index is 15.0. The molecule has 2 aliphatic rings. The molecule has 1 heterocycles. The highest BCUT2D eigenvalue weighted by Gasteiger charge is 2.56. The maximum absolute atomic E-state index is 15.0. The van der Waals surface area contributed by atoms with E-state index in [1.165, 1.54) is 0 Å². The Morgan fingerprint density at radius 2 is 1.84 bits per heavy atom. The SMILES string of the molecule is Cc1nc(-c2c(F)cc(Cl)cc2-c2ccc3c(c2)CCC3(C)NC(=O)C2(NC(=O)C(F)(F)F)CC2)no1. The molecule has 2 amide bonds. The minimum atomic E-state index is -5.07. The van der Waals surface area contributed by atoms with Crippen LogP contribution >= 0.6 is 11.6 Å². The largest absolute Gasteiger partial charge is 0.471 e. The van der Waals surface area contributed by atoms with E-state index < -0.39 is 34.9 Å². The predicted octanol–water partition coefficient (Wildman–Crippen LogP) is 4.99. The van der Waals surface area contributed by atoms with Gasteiger partial charge in [0.1, 0.15) is 11.4 Å². The number of halogens is 5. The Hall–Kier alpha value is -3.47. The lowest BCUT2D eigenvalue weighted by Crippen LogP contribution is -2.56. The molecule has 0 bridgehead atoms. The second-order valence-corrected chi connectivity index (χ2v) is 10.1. The molecule has 12 heteroatoms. The lowest BCUT2D eigenvalue weighted by Gasteiger charge is -2.30. The second-order valence-electron chi connectivity index (χ2n) is 9.64. The molecule has 1 atom stereocenters. The molecule has 1 saturated carbocycles. The van der Waals surface area contributed by atoms with Crippen LogP contribution in [0.5, 0.6) is 0 Å². The van der Waals surface area contributed by atoms with Gasteiger partial charge in [0.15, 0.2) is 0 Å². The van der Waals surface area contributed by atoms with Crippen molar-refractivity contribution in [1.29, 1.82) is 0 Å². The number of carbonyl (C=O) groups excluding carboxylic acids is 2. The topological polar surface area (TPSA) is 97.1 Å². The van der Waals surface area contributed by atoms with E-state index in [2.05, 4.69) is 15.5 Å². The van der Waals surface area contributed by atoms with Gasteiger partial charge in [0.25, 0.3) is 0 Å². The number of fused-ring (bicyclic) bond motifs is 1. The van der Waals surface area contributed by atoms with E-state index >= 15 is 0 Å². The standard InChI is InChI=1S/C25H21ClF4N4O3/c1-12-31-20(34-37-12)19-16(10-15(26)11-18(19)27)13-3-4-17-14(9-13)5-6-23(17,2)32-21(35)24(7-8-24)33-22(36)25(28,29)30/h3-4,9-11H,5-8H2,1-2H3,(H,32,35)(H,33,36). The number of aromatic nitrogens is 2. The van der Waals surface area contributed by atoms with Crippen molar-refractivity contribution in [2.75, 3.05) is 0 Å². The van der Waals surface area contributed by atoms with E-state index in [4.69, 9.17) is 16.1 Å². The summed E-state index contributed by atoms with van der Waals surface area (Å²) in [5.41, 5.74) is 0.459. The highest BCUT2D eigenvalue weighted by Crippen LogP contribution is 2.43. The number of carbonyl (C=O) groups is 2. The Balaban J connectivity index is 1.44. The summed E-state index contributed by atoms with van der Waals surface area (Å²) in [6, 6.07) is 8.15. The molecule has 5 rings (SSSR count). The molecule has 0 saturated heterocycles. The average molecular weight is 537 g/mol. The fourth-order valence-electron chi connectivity index (χ4n) is 4.78. The van der Waals surface area contributed by atoms with Gasteiger partial charge in [0.05, 0.1) is 11.1 Å². The fraction of sp³-hybridized carbons (Fsp3) is 0.360. The molecular formula is C25H21ClF4N4O3. The predicted molar refractivity (Wildman–Crippen MR) is 125 cm³/mol. The lowest BCUT2D eigenvalue weighted by atomic mass is 9.90. The maximum Gasteiger partial charge on any atom is 0.471 e. The number of aryl methyl sites for hydroxylation is 2. The van der Waals surface area contributed by atoms with Gasteiger partial charge in [-0.15, -0.1) is 0 Å². The van der Waals surface area contributed by atoms with Gasteiger partial charge in [-0.25, -0.2) is 4.39 Å². The molecule has 0 radical (unpaired) electrons. The molecule has 3 aromatic rings. The summed E-state index contributed by atoms with van der Waals surface area (Å²) in [5, 5.41) is 8.72. The van der Waals surface area contributed by atoms with Crippen molar-refractivity contribution in [3.63, 3.8) is 0 Å². The number of benzene rings is 2. The van der Waals surface area contributed by atoms with Gasteiger partial charge in [0, 0.05) is 11.9 Å². The van der Waals surface area contributed by atoms with Crippen LogP contribution in [0.2, 0.25) is 5.02 Å². The fourth-order valence-corrected chi connectivity index (χ4v) is 4.98. The number of alkyl halides is 3. The van der Waals surface area contributed by atoms with Gasteiger partial charge in [-0.05, 0) is 67.0 Å². The number of hydrogen-bond acceptors (Lipinski definition) is 5. The number of nitrogens with zero attached hydrogens (tertiary/aromatic N) is 2. The number of nitrogens with one attached hydrogen (secondary N) is 2. The zero-order chi connectivity index (χ0) is 26.8. The normalized spacial score (nSPS) is 19.9. The summed E-state index contributed by atoms with van der Waals surface area (Å²) in [6.07, 6.45) is -3.78. The molecular weight excluding hydrogens is 516 g/mol. The molecule has 1 fully saturated rings. The Morgan fingerprint density at radius 3 is 2.46 bits per heavy atom. The van der Waals surface area contributed by atoms with E-state index in [1.807, 2.05) is 11.4 Å². The van der Waals surface area contributed by atoms with E-state index in [0.717, 1.165) is 17.2 Å². The second kappa shape index (κ2) is 8.54. The zero-order valence-electron chi connectivity index (χ0n) is 19.7. The van der Waals surface area contributed by atoms with Crippen molar-refractivity contribution in [2.45, 2.75) is 56.8 Å². The van der Waals surface area contributed by atoms with Gasteiger partial charge in [-0.2, -0.15) is 18.2 Å². The summed E-state index contributed by atoms with van der Waals surface area (Å²) in [7, 11) is 0. The van der Waals surface area contributed by atoms with Crippen LogP contribution in [-0.4, -0.2) is 33.7 Å². The number of hydrogen-bond donors (Lipinski definition) is 2. The van der Waals surface area contributed by atoms with Gasteiger partial charge < -0.3 is 15.2 Å². The van der Waals surface area contributed by atoms with Crippen LogP contribution in [0.15, 0.2) is 34.9 Å². The van der Waals surface area contributed by atoms with E-state index in [0.29, 0.717) is 24.0 Å². The first kappa shape index (κ1) is 25.2. The molecule has 37 heavy (non-hydrogen) atoms. The highest BCUT2D eigenvalue weighted by molar-refractivity contribution is 6.31. The molecule has 2 N–H and O–H groups in total. The van der Waals surface area contributed by atoms with Crippen LogP contribution in [0.4, 0.5) is 17.6 Å². The summed E-state index contributed by atoms with van der Waals surface area (Å²) in [5.74, 6) is -3.05. The Kier molecular flexibility index (Phi) is 5.82. The van der Waals surface area contributed by atoms with Crippen molar-refractivity contribution >= 4 is 23.4 Å². The third-order valence-corrected chi connectivity index (χ3v) is 7.11. The average Bonchev–Trinajstić information content (AvgIpc) is 3.36. The Labute approximate surface area is 213 Å². The van der Waals surface area contributed by atoms with Crippen LogP contribution in [0.1, 0.15) is 43.2 Å². The number of amides is 2. The van der Waals surface area contributed by atoms with Crippen LogP contribution < -0.4 is 10.6 Å². The van der Waals surface area contributed by atoms with E-state index in [9.17, 15) is 27.2 Å². The minimum Gasteiger partial charge on any atom is -0.345 e. The van der Waals surface area contributed by atoms with E-state index in [-0.39, 0.29) is 35.1 Å². The van der Waals surface area contributed by atoms with Crippen molar-refractivity contribution in [2.24, 2.45) is 0 Å². The number of rotatable bonds is 5. The van der Waals surface area contributed by atoms with Crippen molar-refractivity contribution in [3.8, 4) is 22.5 Å². The Bertz CT molecular complexity index is 1430. The third kappa shape index (κ3) is 4.56. The molecule has 1 aromatic heterocycles. The van der Waals surface area contributed by atoms with E-state index in [1.54, 1.807) is 32.0 Å². The van der Waals surface area contributed by atoms with Crippen LogP contribution in [0.25, 0.3) is 22.5 Å². The van der Waals surface area contributed by atoms with Gasteiger partial charge in [-0.3, -0.25) is 9.59 Å². The summed E-state index contributed by atoms with van der Waals surface area (Å²) >= 11 is 6.15. The molecule has 1 unspecified atom stereocenters. The first-order chi connectivity index (χ1) is 17.3. The summed E-state index contributed by atoms with van der Waals surface area (Å²) in [4.78, 5) is 28.5. The monoisotopic (exact) mass is 536 g/mol. The van der Waals surface area contributed by atoms with Crippen LogP contribution in [0.3, 0.4) is 0 Å². The van der Waals surface area contributed by atoms with Gasteiger partial charge in [-0.1, -0.05) is 35.0 Å². The smallest absolute Gasteiger partial charge is 0.345 e. The molecule has 2 aromatic carbocycles. The van der Waals surface area contributed by atoms with Crippen LogP contribution in [-0.2, 0) is 21.5 Å². The quantitative estimate of drug-likeness (QED) is 0.448. The third-order valence-electron chi connectivity index (χ3n) is 6.90. The lowest BCUT2D eigenvalue weighted by molar-refractivity contribution is -0.175. The van der Waals surface area contributed by atoms with Crippen molar-refractivity contribution in [3.05, 3.63) is 58.2 Å². The summed E-state index contributed by atoms with van der Waals surface area (Å²) in [6.45, 7) is 3.37. The van der Waals surface area contributed by atoms with Gasteiger partial charge in [0.2, 0.25) is 17.6 Å². The molecule has 0 spiro atoms. The van der Waals surface area contributed by atoms with Crippen LogP contribution in [0, 0.1) is 12.7 Å². The van der Waals surface area contributed by atoms with Gasteiger partial charge >= 0.3 is 12.1 Å². The Morgan fingerprint density at radius 1 is 1.11 bits per heavy atom. The first-order valence-corrected chi connectivity index (χ1v) is 11.8. The molecule has 0 aliphatic heterocycles. The van der Waals surface area contributed by atoms with Crippen molar-refractivity contribution < 1.29 is 31.7 Å². The zero-order valence-corrected chi connectivity index (χ0v) is 20.5. The van der Waals surface area contributed by atoms with Crippen molar-refractivity contribution in [1.82, 2.24) is 20.8 Å².